The summed E-state index contributed by atoms with van der Waals surface area (Å²) in [5, 5.41) is 5.63. The van der Waals surface area contributed by atoms with E-state index in [4.69, 9.17) is 23.2 Å². The van der Waals surface area contributed by atoms with E-state index in [1.165, 1.54) is 5.56 Å². The van der Waals surface area contributed by atoms with Crippen molar-refractivity contribution in [2.75, 3.05) is 6.54 Å². The Morgan fingerprint density at radius 1 is 1.00 bits per heavy atom. The Morgan fingerprint density at radius 3 is 2.65 bits per heavy atom. The molecule has 0 fully saturated rings. The van der Waals surface area contributed by atoms with Gasteiger partial charge in [0.05, 0.1) is 14.9 Å². The fraction of sp³-hybridized carbons (Fsp3) is 0.167. The zero-order valence-electron chi connectivity index (χ0n) is 12.4. The Morgan fingerprint density at radius 2 is 1.83 bits per heavy atom. The lowest BCUT2D eigenvalue weighted by Crippen LogP contribution is -2.16. The highest BCUT2D eigenvalue weighted by molar-refractivity contribution is 7.15. The molecule has 0 aliphatic carbocycles. The minimum Gasteiger partial charge on any atom is -0.310 e. The maximum atomic E-state index is 6.26. The van der Waals surface area contributed by atoms with Crippen LogP contribution in [0.4, 0.5) is 0 Å². The highest BCUT2D eigenvalue weighted by atomic mass is 35.5. The molecule has 23 heavy (non-hydrogen) atoms. The molecule has 0 spiro atoms. The highest BCUT2D eigenvalue weighted by Gasteiger charge is 2.10. The smallest absolute Gasteiger partial charge is 0.107 e. The van der Waals surface area contributed by atoms with Crippen molar-refractivity contribution in [3.05, 3.63) is 75.3 Å². The van der Waals surface area contributed by atoms with E-state index in [-0.39, 0.29) is 0 Å². The van der Waals surface area contributed by atoms with Gasteiger partial charge in [0.25, 0.3) is 0 Å². The van der Waals surface area contributed by atoms with Gasteiger partial charge in [0.1, 0.15) is 5.01 Å². The molecule has 2 nitrogen and oxygen atoms in total. The minimum atomic E-state index is 0.570. The SMILES string of the molecule is Clc1cccc(-c2cnc(CNCCc3ccccc3)s2)c1Cl. The zero-order valence-corrected chi connectivity index (χ0v) is 14.8. The maximum absolute atomic E-state index is 6.26. The number of nitrogens with zero attached hydrogens (tertiary/aromatic N) is 1. The van der Waals surface area contributed by atoms with E-state index in [0.29, 0.717) is 10.0 Å². The van der Waals surface area contributed by atoms with Gasteiger partial charge in [-0.05, 0) is 24.6 Å². The van der Waals surface area contributed by atoms with Crippen LogP contribution < -0.4 is 5.32 Å². The van der Waals surface area contributed by atoms with Crippen LogP contribution in [0.2, 0.25) is 10.0 Å². The average Bonchev–Trinajstić information content (AvgIpc) is 3.04. The molecule has 0 radical (unpaired) electrons. The van der Waals surface area contributed by atoms with Crippen LogP contribution in [0.15, 0.2) is 54.7 Å². The normalized spacial score (nSPS) is 10.9. The van der Waals surface area contributed by atoms with E-state index in [9.17, 15) is 0 Å². The Labute approximate surface area is 150 Å². The van der Waals surface area contributed by atoms with Crippen LogP contribution in [-0.2, 0) is 13.0 Å². The number of nitrogens with one attached hydrogen (secondary N) is 1. The molecule has 0 aliphatic heterocycles. The van der Waals surface area contributed by atoms with Crippen molar-refractivity contribution in [2.24, 2.45) is 0 Å². The van der Waals surface area contributed by atoms with Gasteiger partial charge in [0.15, 0.2) is 0 Å². The molecule has 3 rings (SSSR count). The summed E-state index contributed by atoms with van der Waals surface area (Å²) in [6.07, 6.45) is 2.87. The van der Waals surface area contributed by atoms with Gasteiger partial charge >= 0.3 is 0 Å². The molecule has 0 unspecified atom stereocenters. The number of benzene rings is 2. The highest BCUT2D eigenvalue weighted by Crippen LogP contribution is 2.36. The first kappa shape index (κ1) is 16.5. The number of hydrogen-bond donors (Lipinski definition) is 1. The second kappa shape index (κ2) is 7.93. The summed E-state index contributed by atoms with van der Waals surface area (Å²) in [4.78, 5) is 5.50. The molecule has 0 amide bonds. The minimum absolute atomic E-state index is 0.570. The second-order valence-corrected chi connectivity index (χ2v) is 7.03. The third kappa shape index (κ3) is 4.33. The van der Waals surface area contributed by atoms with Crippen LogP contribution in [-0.4, -0.2) is 11.5 Å². The Balaban J connectivity index is 1.56. The summed E-state index contributed by atoms with van der Waals surface area (Å²) >= 11 is 14.0. The molecule has 3 aromatic rings. The first-order valence-corrected chi connectivity index (χ1v) is 8.95. The van der Waals surface area contributed by atoms with Crippen LogP contribution in [0.3, 0.4) is 0 Å². The number of aromatic nitrogens is 1. The van der Waals surface area contributed by atoms with E-state index in [1.54, 1.807) is 17.4 Å². The topological polar surface area (TPSA) is 24.9 Å². The van der Waals surface area contributed by atoms with Gasteiger partial charge in [-0.2, -0.15) is 0 Å². The van der Waals surface area contributed by atoms with Crippen molar-refractivity contribution in [1.29, 1.82) is 0 Å². The lowest BCUT2D eigenvalue weighted by Gasteiger charge is -2.03. The summed E-state index contributed by atoms with van der Waals surface area (Å²) in [7, 11) is 0. The number of halogens is 2. The molecule has 2 aromatic carbocycles. The van der Waals surface area contributed by atoms with Crippen molar-refractivity contribution in [3.8, 4) is 10.4 Å². The second-order valence-electron chi connectivity index (χ2n) is 5.13. The Bertz CT molecular complexity index is 772. The summed E-state index contributed by atoms with van der Waals surface area (Å²) in [6.45, 7) is 1.69. The lowest BCUT2D eigenvalue weighted by molar-refractivity contribution is 0.684. The first-order chi connectivity index (χ1) is 11.2. The fourth-order valence-corrected chi connectivity index (χ4v) is 3.66. The third-order valence-corrected chi connectivity index (χ3v) is 5.33. The summed E-state index contributed by atoms with van der Waals surface area (Å²) in [5.74, 6) is 0. The molecule has 5 heteroatoms. The molecule has 1 heterocycles. The van der Waals surface area contributed by atoms with E-state index in [1.807, 2.05) is 24.4 Å². The zero-order chi connectivity index (χ0) is 16.1. The molecular formula is C18H16Cl2N2S. The van der Waals surface area contributed by atoms with Crippen molar-refractivity contribution >= 4 is 34.5 Å². The number of thiazole rings is 1. The largest absolute Gasteiger partial charge is 0.310 e. The van der Waals surface area contributed by atoms with E-state index in [2.05, 4.69) is 34.6 Å². The van der Waals surface area contributed by atoms with Crippen molar-refractivity contribution in [1.82, 2.24) is 10.3 Å². The van der Waals surface area contributed by atoms with Crippen LogP contribution in [0, 0.1) is 0 Å². The molecule has 118 valence electrons. The molecule has 0 bridgehead atoms. The van der Waals surface area contributed by atoms with E-state index >= 15 is 0 Å². The van der Waals surface area contributed by atoms with Crippen molar-refractivity contribution < 1.29 is 0 Å². The fourth-order valence-electron chi connectivity index (χ4n) is 2.28. The van der Waals surface area contributed by atoms with E-state index < -0.39 is 0 Å². The quantitative estimate of drug-likeness (QED) is 0.589. The molecule has 0 atom stereocenters. The van der Waals surface area contributed by atoms with Crippen molar-refractivity contribution in [3.63, 3.8) is 0 Å². The van der Waals surface area contributed by atoms with Crippen molar-refractivity contribution in [2.45, 2.75) is 13.0 Å². The molecular weight excluding hydrogens is 347 g/mol. The van der Waals surface area contributed by atoms with Crippen LogP contribution in [0.5, 0.6) is 0 Å². The maximum Gasteiger partial charge on any atom is 0.107 e. The standard InChI is InChI=1S/C18H16Cl2N2S/c19-15-8-4-7-14(18(15)20)16-11-22-17(23-16)12-21-10-9-13-5-2-1-3-6-13/h1-8,11,21H,9-10,12H2. The van der Waals surface area contributed by atoms with Gasteiger partial charge < -0.3 is 5.32 Å². The molecule has 0 saturated carbocycles. The number of hydrogen-bond acceptors (Lipinski definition) is 3. The van der Waals surface area contributed by atoms with E-state index in [0.717, 1.165) is 35.0 Å². The summed E-state index contributed by atoms with van der Waals surface area (Å²) in [6, 6.07) is 16.1. The third-order valence-electron chi connectivity index (χ3n) is 3.48. The Hall–Kier alpha value is -1.39. The Kier molecular flexibility index (Phi) is 5.68. The van der Waals surface area contributed by atoms with Gasteiger partial charge in [0.2, 0.25) is 0 Å². The number of rotatable bonds is 6. The van der Waals surface area contributed by atoms with Gasteiger partial charge in [-0.25, -0.2) is 4.98 Å². The summed E-state index contributed by atoms with van der Waals surface area (Å²) < 4.78 is 0. The van der Waals surface area contributed by atoms with Crippen LogP contribution >= 0.6 is 34.5 Å². The van der Waals surface area contributed by atoms with Gasteiger partial charge in [-0.3, -0.25) is 0 Å². The first-order valence-electron chi connectivity index (χ1n) is 7.38. The molecule has 1 aromatic heterocycles. The lowest BCUT2D eigenvalue weighted by atomic mass is 10.1. The van der Waals surface area contributed by atoms with Crippen LogP contribution in [0.25, 0.3) is 10.4 Å². The predicted octanol–water partition coefficient (Wildman–Crippen LogP) is 5.45. The molecule has 1 N–H and O–H groups in total. The van der Waals surface area contributed by atoms with Gasteiger partial charge in [0, 0.05) is 18.3 Å². The summed E-state index contributed by atoms with van der Waals surface area (Å²) in [5.41, 5.74) is 2.28. The monoisotopic (exact) mass is 362 g/mol. The predicted molar refractivity (Wildman–Crippen MR) is 99.4 cm³/mol. The van der Waals surface area contributed by atoms with Crippen LogP contribution in [0.1, 0.15) is 10.6 Å². The van der Waals surface area contributed by atoms with Gasteiger partial charge in [-0.15, -0.1) is 11.3 Å². The van der Waals surface area contributed by atoms with Gasteiger partial charge in [-0.1, -0.05) is 65.7 Å². The molecule has 0 aliphatic rings. The molecule has 0 saturated heterocycles. The average molecular weight is 363 g/mol.